The Labute approximate surface area is 215 Å². The zero-order chi connectivity index (χ0) is 25.7. The first-order valence-corrected chi connectivity index (χ1v) is 12.5. The SMILES string of the molecule is CN(C)Cc1cccc(/C=C/c2n[nH]c3cc(C4C[C@@]45C(=O)N(CC(N)=O)c4ccccc45)ccc23)c1. The quantitative estimate of drug-likeness (QED) is 0.408. The molecule has 3 aromatic carbocycles. The number of primary amides is 1. The van der Waals surface area contributed by atoms with Gasteiger partial charge in [-0.3, -0.25) is 14.7 Å². The van der Waals surface area contributed by atoms with E-state index in [2.05, 4.69) is 77.7 Å². The predicted molar refractivity (Wildman–Crippen MR) is 146 cm³/mol. The molecule has 0 radical (unpaired) electrons. The van der Waals surface area contributed by atoms with Crippen LogP contribution in [0, 0.1) is 0 Å². The third kappa shape index (κ3) is 3.92. The van der Waals surface area contributed by atoms with Crippen molar-refractivity contribution in [1.82, 2.24) is 15.1 Å². The fourth-order valence-corrected chi connectivity index (χ4v) is 5.80. The van der Waals surface area contributed by atoms with Crippen LogP contribution in [0.3, 0.4) is 0 Å². The van der Waals surface area contributed by atoms with Crippen LogP contribution in [0.5, 0.6) is 0 Å². The van der Waals surface area contributed by atoms with Crippen molar-refractivity contribution < 1.29 is 9.59 Å². The van der Waals surface area contributed by atoms with E-state index in [-0.39, 0.29) is 18.4 Å². The minimum atomic E-state index is -0.625. The number of hydrogen-bond donors (Lipinski definition) is 2. The van der Waals surface area contributed by atoms with Crippen molar-refractivity contribution in [3.63, 3.8) is 0 Å². The predicted octanol–water partition coefficient (Wildman–Crippen LogP) is 4.05. The Kier molecular flexibility index (Phi) is 5.46. The summed E-state index contributed by atoms with van der Waals surface area (Å²) in [6.45, 7) is 0.795. The van der Waals surface area contributed by atoms with Gasteiger partial charge in [0.25, 0.3) is 0 Å². The standard InChI is InChI=1S/C30H29N5O2/c1-34(2)17-20-7-5-6-19(14-20)10-13-25-22-12-11-21(15-26(22)33-32-25)24-16-30(24)23-8-3-4-9-27(23)35(29(30)37)18-28(31)36/h3-15,24H,16-18H2,1-2H3,(H2,31,36)(H,32,33)/b13-10+/t24?,30-/m0/s1. The molecular weight excluding hydrogens is 462 g/mol. The third-order valence-electron chi connectivity index (χ3n) is 7.48. The number of aromatic nitrogens is 2. The van der Waals surface area contributed by atoms with Crippen molar-refractivity contribution in [2.24, 2.45) is 5.73 Å². The van der Waals surface area contributed by atoms with E-state index in [1.54, 1.807) is 4.90 Å². The van der Waals surface area contributed by atoms with Crippen LogP contribution >= 0.6 is 0 Å². The van der Waals surface area contributed by atoms with Gasteiger partial charge in [-0.05, 0) is 61.0 Å². The van der Waals surface area contributed by atoms with Crippen LogP contribution < -0.4 is 10.6 Å². The Morgan fingerprint density at radius 3 is 2.78 bits per heavy atom. The smallest absolute Gasteiger partial charge is 0.238 e. The number of hydrogen-bond acceptors (Lipinski definition) is 4. The molecule has 3 N–H and O–H groups in total. The summed E-state index contributed by atoms with van der Waals surface area (Å²) >= 11 is 0. The van der Waals surface area contributed by atoms with Crippen molar-refractivity contribution in [2.45, 2.75) is 24.3 Å². The summed E-state index contributed by atoms with van der Waals surface area (Å²) in [6, 6.07) is 22.5. The number of carbonyl (C=O) groups is 2. The number of para-hydroxylation sites is 1. The topological polar surface area (TPSA) is 95.3 Å². The van der Waals surface area contributed by atoms with Crippen molar-refractivity contribution >= 4 is 40.6 Å². The molecule has 4 aromatic rings. The van der Waals surface area contributed by atoms with Crippen LogP contribution in [0.4, 0.5) is 5.69 Å². The molecule has 7 nitrogen and oxygen atoms in total. The first-order chi connectivity index (χ1) is 17.9. The van der Waals surface area contributed by atoms with Gasteiger partial charge in [-0.1, -0.05) is 60.7 Å². The van der Waals surface area contributed by atoms with Crippen molar-refractivity contribution in [2.75, 3.05) is 25.5 Å². The summed E-state index contributed by atoms with van der Waals surface area (Å²) in [5.41, 5.74) is 11.9. The van der Waals surface area contributed by atoms with E-state index >= 15 is 0 Å². The molecule has 6 rings (SSSR count). The van der Waals surface area contributed by atoms with E-state index in [1.165, 1.54) is 5.56 Å². The van der Waals surface area contributed by atoms with Crippen LogP contribution in [0.1, 0.15) is 40.3 Å². The number of nitrogens with two attached hydrogens (primary N) is 1. The number of fused-ring (bicyclic) bond motifs is 3. The van der Waals surface area contributed by atoms with Crippen molar-refractivity contribution in [1.29, 1.82) is 0 Å². The Balaban J connectivity index is 1.27. The lowest BCUT2D eigenvalue weighted by molar-refractivity contribution is -0.123. The maximum Gasteiger partial charge on any atom is 0.238 e. The van der Waals surface area contributed by atoms with Gasteiger partial charge in [0.2, 0.25) is 11.8 Å². The summed E-state index contributed by atoms with van der Waals surface area (Å²) in [4.78, 5) is 28.9. The summed E-state index contributed by atoms with van der Waals surface area (Å²) in [5.74, 6) is -0.506. The van der Waals surface area contributed by atoms with Gasteiger partial charge in [0.15, 0.2) is 0 Å². The lowest BCUT2D eigenvalue weighted by atomic mass is 9.92. The number of benzene rings is 3. The molecule has 37 heavy (non-hydrogen) atoms. The highest BCUT2D eigenvalue weighted by atomic mass is 16.2. The molecule has 2 aliphatic rings. The molecule has 0 saturated heterocycles. The van der Waals surface area contributed by atoms with Gasteiger partial charge in [-0.25, -0.2) is 0 Å². The Morgan fingerprint density at radius 1 is 1.14 bits per heavy atom. The Morgan fingerprint density at radius 2 is 1.97 bits per heavy atom. The summed E-state index contributed by atoms with van der Waals surface area (Å²) in [6.07, 6.45) is 4.83. The van der Waals surface area contributed by atoms with E-state index in [0.717, 1.165) is 45.5 Å². The van der Waals surface area contributed by atoms with Crippen LogP contribution in [0.2, 0.25) is 0 Å². The lowest BCUT2D eigenvalue weighted by Gasteiger charge is -2.16. The normalized spacial score (nSPS) is 20.5. The molecule has 2 amide bonds. The highest BCUT2D eigenvalue weighted by molar-refractivity contribution is 6.13. The number of amides is 2. The van der Waals surface area contributed by atoms with Crippen LogP contribution in [-0.4, -0.2) is 47.6 Å². The monoisotopic (exact) mass is 491 g/mol. The Hall–Kier alpha value is -4.23. The molecule has 186 valence electrons. The van der Waals surface area contributed by atoms with Gasteiger partial charge in [0.05, 0.1) is 16.6 Å². The minimum absolute atomic E-state index is 0.0395. The number of carbonyl (C=O) groups excluding carboxylic acids is 2. The zero-order valence-electron chi connectivity index (χ0n) is 20.9. The molecule has 1 fully saturated rings. The number of anilines is 1. The number of nitrogens with zero attached hydrogens (tertiary/aromatic N) is 3. The summed E-state index contributed by atoms with van der Waals surface area (Å²) in [7, 11) is 4.13. The van der Waals surface area contributed by atoms with Crippen molar-refractivity contribution in [3.8, 4) is 0 Å². The highest BCUT2D eigenvalue weighted by Gasteiger charge is 2.67. The molecule has 1 aliphatic heterocycles. The summed E-state index contributed by atoms with van der Waals surface area (Å²) in [5, 5.41) is 8.74. The molecule has 0 bridgehead atoms. The van der Waals surface area contributed by atoms with Crippen molar-refractivity contribution in [3.05, 3.63) is 94.7 Å². The minimum Gasteiger partial charge on any atom is -0.368 e. The van der Waals surface area contributed by atoms with Gasteiger partial charge < -0.3 is 15.5 Å². The van der Waals surface area contributed by atoms with Crippen LogP contribution in [0.25, 0.3) is 23.1 Å². The van der Waals surface area contributed by atoms with Gasteiger partial charge in [-0.2, -0.15) is 5.10 Å². The molecule has 1 saturated carbocycles. The third-order valence-corrected chi connectivity index (χ3v) is 7.48. The second-order valence-corrected chi connectivity index (χ2v) is 10.3. The molecule has 1 unspecified atom stereocenters. The first kappa shape index (κ1) is 23.2. The number of aromatic amines is 1. The highest BCUT2D eigenvalue weighted by Crippen LogP contribution is 2.66. The van der Waals surface area contributed by atoms with E-state index in [4.69, 9.17) is 5.73 Å². The molecule has 1 aromatic heterocycles. The van der Waals surface area contributed by atoms with Gasteiger partial charge in [0, 0.05) is 23.5 Å². The molecule has 1 aliphatic carbocycles. The van der Waals surface area contributed by atoms with Crippen LogP contribution in [-0.2, 0) is 21.5 Å². The fourth-order valence-electron chi connectivity index (χ4n) is 5.80. The van der Waals surface area contributed by atoms with Gasteiger partial charge in [0.1, 0.15) is 6.54 Å². The molecule has 1 spiro atoms. The molecular formula is C30H29N5O2. The second-order valence-electron chi connectivity index (χ2n) is 10.3. The fraction of sp³-hybridized carbons (Fsp3) is 0.233. The maximum absolute atomic E-state index is 13.5. The number of H-pyrrole nitrogens is 1. The first-order valence-electron chi connectivity index (χ1n) is 12.5. The molecule has 2 heterocycles. The van der Waals surface area contributed by atoms with E-state index in [1.807, 2.05) is 30.3 Å². The van der Waals surface area contributed by atoms with E-state index < -0.39 is 11.3 Å². The van der Waals surface area contributed by atoms with E-state index in [0.29, 0.717) is 6.42 Å². The van der Waals surface area contributed by atoms with Crippen LogP contribution in [0.15, 0.2) is 66.7 Å². The average molecular weight is 492 g/mol. The number of nitrogens with one attached hydrogen (secondary N) is 1. The van der Waals surface area contributed by atoms with Gasteiger partial charge >= 0.3 is 0 Å². The average Bonchev–Trinajstić information content (AvgIpc) is 3.44. The largest absolute Gasteiger partial charge is 0.368 e. The van der Waals surface area contributed by atoms with Gasteiger partial charge in [-0.15, -0.1) is 0 Å². The zero-order valence-corrected chi connectivity index (χ0v) is 20.9. The molecule has 2 atom stereocenters. The lowest BCUT2D eigenvalue weighted by Crippen LogP contribution is -2.39. The summed E-state index contributed by atoms with van der Waals surface area (Å²) < 4.78 is 0. The molecule has 7 heteroatoms. The second kappa shape index (κ2) is 8.71. The number of rotatable bonds is 7. The Bertz CT molecular complexity index is 1570. The van der Waals surface area contributed by atoms with E-state index in [9.17, 15) is 9.59 Å². The maximum atomic E-state index is 13.5.